The van der Waals surface area contributed by atoms with E-state index in [1.165, 1.54) is 11.8 Å². The van der Waals surface area contributed by atoms with Gasteiger partial charge in [-0.25, -0.2) is 4.98 Å². The number of aromatic nitrogens is 1. The van der Waals surface area contributed by atoms with Gasteiger partial charge in [-0.15, -0.1) is 11.3 Å². The maximum absolute atomic E-state index is 12.4. The number of hydrogen-bond donors (Lipinski definition) is 1. The molecular formula is C23H16Cl2N2OS2. The van der Waals surface area contributed by atoms with E-state index in [0.717, 1.165) is 26.0 Å². The van der Waals surface area contributed by atoms with Crippen molar-refractivity contribution in [2.24, 2.45) is 0 Å². The zero-order chi connectivity index (χ0) is 20.9. The van der Waals surface area contributed by atoms with Crippen molar-refractivity contribution in [2.75, 3.05) is 11.1 Å². The van der Waals surface area contributed by atoms with E-state index >= 15 is 0 Å². The van der Waals surface area contributed by atoms with Crippen molar-refractivity contribution in [2.45, 2.75) is 4.34 Å². The summed E-state index contributed by atoms with van der Waals surface area (Å²) in [5, 5.41) is 3.75. The standard InChI is InChI=1S/C23H16Cl2N2OS2/c24-17-11-12-19(18(25)13-17)26-20(28)14-29-23-27-21(15-7-3-1-4-8-15)22(30-23)16-9-5-2-6-10-16/h1-13H,14H2,(H,26,28). The smallest absolute Gasteiger partial charge is 0.234 e. The van der Waals surface area contributed by atoms with Crippen LogP contribution in [0.4, 0.5) is 5.69 Å². The lowest BCUT2D eigenvalue weighted by Crippen LogP contribution is -2.14. The average Bonchev–Trinajstić information content (AvgIpc) is 3.20. The normalized spacial score (nSPS) is 10.7. The summed E-state index contributed by atoms with van der Waals surface area (Å²) < 4.78 is 0.838. The van der Waals surface area contributed by atoms with Crippen LogP contribution in [0.5, 0.6) is 0 Å². The predicted octanol–water partition coefficient (Wildman–Crippen LogP) is 7.51. The minimum absolute atomic E-state index is 0.151. The first-order valence-corrected chi connectivity index (χ1v) is 11.7. The van der Waals surface area contributed by atoms with Crippen molar-refractivity contribution in [1.82, 2.24) is 4.98 Å². The Hall–Kier alpha value is -2.31. The van der Waals surface area contributed by atoms with Crippen LogP contribution in [0.1, 0.15) is 0 Å². The molecule has 0 spiro atoms. The first kappa shape index (κ1) is 20.9. The molecule has 0 unspecified atom stereocenters. The number of amides is 1. The molecule has 4 rings (SSSR count). The van der Waals surface area contributed by atoms with Gasteiger partial charge in [0.25, 0.3) is 0 Å². The molecule has 150 valence electrons. The maximum Gasteiger partial charge on any atom is 0.234 e. The molecule has 0 aliphatic carbocycles. The number of rotatable bonds is 6. The molecule has 1 N–H and O–H groups in total. The molecular weight excluding hydrogens is 455 g/mol. The van der Waals surface area contributed by atoms with E-state index in [1.807, 2.05) is 48.5 Å². The van der Waals surface area contributed by atoms with Crippen LogP contribution in [0, 0.1) is 0 Å². The van der Waals surface area contributed by atoms with Crippen molar-refractivity contribution in [3.63, 3.8) is 0 Å². The van der Waals surface area contributed by atoms with Crippen LogP contribution in [-0.2, 0) is 4.79 Å². The molecule has 0 atom stereocenters. The lowest BCUT2D eigenvalue weighted by Gasteiger charge is -2.06. The van der Waals surface area contributed by atoms with Crippen LogP contribution in [-0.4, -0.2) is 16.6 Å². The molecule has 0 fully saturated rings. The van der Waals surface area contributed by atoms with E-state index in [2.05, 4.69) is 17.4 Å². The third-order valence-corrected chi connectivity index (χ3v) is 7.02. The van der Waals surface area contributed by atoms with Gasteiger partial charge in [0.05, 0.1) is 27.0 Å². The first-order valence-electron chi connectivity index (χ1n) is 9.09. The summed E-state index contributed by atoms with van der Waals surface area (Å²) in [5.74, 6) is 0.0801. The van der Waals surface area contributed by atoms with Crippen LogP contribution in [0.3, 0.4) is 0 Å². The van der Waals surface area contributed by atoms with Gasteiger partial charge in [-0.2, -0.15) is 0 Å². The van der Waals surface area contributed by atoms with Gasteiger partial charge in [-0.1, -0.05) is 95.6 Å². The summed E-state index contributed by atoms with van der Waals surface area (Å²) in [6.07, 6.45) is 0. The largest absolute Gasteiger partial charge is 0.324 e. The van der Waals surface area contributed by atoms with E-state index in [-0.39, 0.29) is 11.7 Å². The highest BCUT2D eigenvalue weighted by atomic mass is 35.5. The van der Waals surface area contributed by atoms with Crippen LogP contribution in [0.2, 0.25) is 10.0 Å². The Labute approximate surface area is 193 Å². The van der Waals surface area contributed by atoms with Crippen molar-refractivity contribution in [1.29, 1.82) is 0 Å². The topological polar surface area (TPSA) is 42.0 Å². The molecule has 4 aromatic rings. The van der Waals surface area contributed by atoms with E-state index in [9.17, 15) is 4.79 Å². The van der Waals surface area contributed by atoms with Gasteiger partial charge >= 0.3 is 0 Å². The minimum atomic E-state index is -0.151. The molecule has 0 aliphatic heterocycles. The molecule has 7 heteroatoms. The number of nitrogens with zero attached hydrogens (tertiary/aromatic N) is 1. The van der Waals surface area contributed by atoms with Gasteiger partial charge in [0, 0.05) is 10.6 Å². The molecule has 0 saturated heterocycles. The molecule has 1 amide bonds. The van der Waals surface area contributed by atoms with Crippen LogP contribution in [0.15, 0.2) is 83.2 Å². The average molecular weight is 471 g/mol. The third-order valence-electron chi connectivity index (χ3n) is 4.22. The zero-order valence-electron chi connectivity index (χ0n) is 15.6. The highest BCUT2D eigenvalue weighted by molar-refractivity contribution is 8.01. The Morgan fingerprint density at radius 2 is 1.60 bits per heavy atom. The van der Waals surface area contributed by atoms with Gasteiger partial charge in [0.1, 0.15) is 0 Å². The molecule has 1 heterocycles. The Bertz CT molecular complexity index is 1110. The summed E-state index contributed by atoms with van der Waals surface area (Å²) in [4.78, 5) is 18.3. The second-order valence-electron chi connectivity index (χ2n) is 6.35. The number of carbonyl (C=O) groups is 1. The number of benzene rings is 3. The number of nitrogens with one attached hydrogen (secondary N) is 1. The summed E-state index contributed by atoms with van der Waals surface area (Å²) in [7, 11) is 0. The molecule has 30 heavy (non-hydrogen) atoms. The van der Waals surface area contributed by atoms with Gasteiger partial charge in [0.2, 0.25) is 5.91 Å². The number of thiazole rings is 1. The molecule has 1 aromatic heterocycles. The lowest BCUT2D eigenvalue weighted by molar-refractivity contribution is -0.113. The number of thioether (sulfide) groups is 1. The summed E-state index contributed by atoms with van der Waals surface area (Å²) in [6.45, 7) is 0. The Balaban J connectivity index is 1.53. The quantitative estimate of drug-likeness (QED) is 0.296. The summed E-state index contributed by atoms with van der Waals surface area (Å²) in [5.41, 5.74) is 3.63. The van der Waals surface area contributed by atoms with E-state index in [1.54, 1.807) is 29.5 Å². The van der Waals surface area contributed by atoms with Gasteiger partial charge < -0.3 is 5.32 Å². The molecule has 0 aliphatic rings. The van der Waals surface area contributed by atoms with Crippen LogP contribution < -0.4 is 5.32 Å². The van der Waals surface area contributed by atoms with Crippen molar-refractivity contribution >= 4 is 57.9 Å². The van der Waals surface area contributed by atoms with E-state index in [0.29, 0.717) is 15.7 Å². The van der Waals surface area contributed by atoms with Crippen LogP contribution >= 0.6 is 46.3 Å². The molecule has 3 nitrogen and oxygen atoms in total. The Morgan fingerprint density at radius 1 is 0.933 bits per heavy atom. The van der Waals surface area contributed by atoms with Gasteiger partial charge in [-0.05, 0) is 23.8 Å². The summed E-state index contributed by atoms with van der Waals surface area (Å²) >= 11 is 15.0. The molecule has 0 saturated carbocycles. The fraction of sp³-hybridized carbons (Fsp3) is 0.0435. The number of carbonyl (C=O) groups excluding carboxylic acids is 1. The first-order chi connectivity index (χ1) is 14.6. The molecule has 3 aromatic carbocycles. The maximum atomic E-state index is 12.4. The Morgan fingerprint density at radius 3 is 2.27 bits per heavy atom. The zero-order valence-corrected chi connectivity index (χ0v) is 18.8. The van der Waals surface area contributed by atoms with Gasteiger partial charge in [-0.3, -0.25) is 4.79 Å². The SMILES string of the molecule is O=C(CSc1nc(-c2ccccc2)c(-c2ccccc2)s1)Nc1ccc(Cl)cc1Cl. The molecule has 0 radical (unpaired) electrons. The van der Waals surface area contributed by atoms with Crippen molar-refractivity contribution in [3.05, 3.63) is 88.9 Å². The second-order valence-corrected chi connectivity index (χ2v) is 9.42. The number of halogens is 2. The highest BCUT2D eigenvalue weighted by Crippen LogP contribution is 2.40. The van der Waals surface area contributed by atoms with Crippen LogP contribution in [0.25, 0.3) is 21.7 Å². The second kappa shape index (κ2) is 9.67. The van der Waals surface area contributed by atoms with E-state index < -0.39 is 0 Å². The fourth-order valence-electron chi connectivity index (χ4n) is 2.84. The minimum Gasteiger partial charge on any atom is -0.324 e. The third kappa shape index (κ3) is 5.05. The van der Waals surface area contributed by atoms with Crippen molar-refractivity contribution in [3.8, 4) is 21.7 Å². The lowest BCUT2D eigenvalue weighted by atomic mass is 10.1. The summed E-state index contributed by atoms with van der Waals surface area (Å²) in [6, 6.07) is 25.2. The van der Waals surface area contributed by atoms with Gasteiger partial charge in [0.15, 0.2) is 4.34 Å². The highest BCUT2D eigenvalue weighted by Gasteiger charge is 2.16. The monoisotopic (exact) mass is 470 g/mol. The van der Waals surface area contributed by atoms with E-state index in [4.69, 9.17) is 28.2 Å². The fourth-order valence-corrected chi connectivity index (χ4v) is 5.27. The predicted molar refractivity (Wildman–Crippen MR) is 129 cm³/mol. The number of anilines is 1. The molecule has 0 bridgehead atoms. The Kier molecular flexibility index (Phi) is 6.75. The van der Waals surface area contributed by atoms with Crippen molar-refractivity contribution < 1.29 is 4.79 Å². The number of hydrogen-bond acceptors (Lipinski definition) is 4.